The van der Waals surface area contributed by atoms with Gasteiger partial charge in [0, 0.05) is 39.9 Å². The number of dihydropyridines is 1. The first-order valence-electron chi connectivity index (χ1n) is 9.32. The van der Waals surface area contributed by atoms with Crippen LogP contribution in [0.3, 0.4) is 0 Å². The van der Waals surface area contributed by atoms with Crippen LogP contribution in [0.5, 0.6) is 0 Å². The molecule has 2 aromatic carbocycles. The second kappa shape index (κ2) is 6.14. The number of benzene rings is 2. The van der Waals surface area contributed by atoms with Gasteiger partial charge in [0.1, 0.15) is 0 Å². The summed E-state index contributed by atoms with van der Waals surface area (Å²) in [6.07, 6.45) is 4.55. The zero-order valence-corrected chi connectivity index (χ0v) is 15.3. The van der Waals surface area contributed by atoms with Gasteiger partial charge in [0.05, 0.1) is 0 Å². The molecule has 0 radical (unpaired) electrons. The van der Waals surface area contributed by atoms with Crippen LogP contribution < -0.4 is 5.32 Å². The van der Waals surface area contributed by atoms with Gasteiger partial charge in [-0.1, -0.05) is 48.0 Å². The molecule has 1 unspecified atom stereocenters. The van der Waals surface area contributed by atoms with Crippen molar-refractivity contribution in [3.63, 3.8) is 0 Å². The van der Waals surface area contributed by atoms with Gasteiger partial charge in [-0.2, -0.15) is 0 Å². The van der Waals surface area contributed by atoms with E-state index < -0.39 is 0 Å². The number of carbonyl (C=O) groups is 1. The fourth-order valence-electron chi connectivity index (χ4n) is 4.66. The van der Waals surface area contributed by atoms with E-state index in [4.69, 9.17) is 11.6 Å². The molecule has 2 nitrogen and oxygen atoms in total. The highest BCUT2D eigenvalue weighted by molar-refractivity contribution is 6.30. The maximum absolute atomic E-state index is 12.9. The SMILES string of the molecule is O=C1CCCC2=C1C(c1ccc(Cl)cc1)C1=C(N2)c2ccccc2CC1. The number of ketones is 1. The van der Waals surface area contributed by atoms with E-state index in [9.17, 15) is 4.79 Å². The van der Waals surface area contributed by atoms with Crippen LogP contribution in [-0.2, 0) is 11.2 Å². The summed E-state index contributed by atoms with van der Waals surface area (Å²) >= 11 is 6.12. The first-order chi connectivity index (χ1) is 12.7. The Kier molecular flexibility index (Phi) is 3.75. The van der Waals surface area contributed by atoms with Crippen molar-refractivity contribution in [1.29, 1.82) is 0 Å². The summed E-state index contributed by atoms with van der Waals surface area (Å²) in [5, 5.41) is 4.40. The number of hydrogen-bond donors (Lipinski definition) is 1. The topological polar surface area (TPSA) is 29.1 Å². The zero-order chi connectivity index (χ0) is 17.7. The Morgan fingerprint density at radius 2 is 1.73 bits per heavy atom. The van der Waals surface area contributed by atoms with Crippen molar-refractivity contribution < 1.29 is 4.79 Å². The number of allylic oxidation sites excluding steroid dienone is 3. The lowest BCUT2D eigenvalue weighted by Crippen LogP contribution is -2.33. The smallest absolute Gasteiger partial charge is 0.161 e. The molecule has 0 fully saturated rings. The van der Waals surface area contributed by atoms with Crippen LogP contribution >= 0.6 is 11.6 Å². The van der Waals surface area contributed by atoms with Crippen molar-refractivity contribution >= 4 is 23.1 Å². The average molecular weight is 362 g/mol. The van der Waals surface area contributed by atoms with Gasteiger partial charge >= 0.3 is 0 Å². The third kappa shape index (κ3) is 2.44. The van der Waals surface area contributed by atoms with Crippen molar-refractivity contribution in [3.05, 3.63) is 87.1 Å². The molecule has 1 heterocycles. The third-order valence-electron chi connectivity index (χ3n) is 5.84. The molecule has 0 amide bonds. The van der Waals surface area contributed by atoms with Crippen LogP contribution in [-0.4, -0.2) is 5.78 Å². The zero-order valence-electron chi connectivity index (χ0n) is 14.5. The maximum Gasteiger partial charge on any atom is 0.161 e. The number of aryl methyl sites for hydroxylation is 1. The molecule has 0 saturated carbocycles. The van der Waals surface area contributed by atoms with E-state index in [2.05, 4.69) is 41.7 Å². The first-order valence-corrected chi connectivity index (χ1v) is 9.70. The van der Waals surface area contributed by atoms with E-state index >= 15 is 0 Å². The normalized spacial score (nSPS) is 21.7. The summed E-state index contributed by atoms with van der Waals surface area (Å²) in [6, 6.07) is 16.7. The lowest BCUT2D eigenvalue weighted by Gasteiger charge is -2.38. The quantitative estimate of drug-likeness (QED) is 0.737. The first kappa shape index (κ1) is 15.9. The maximum atomic E-state index is 12.9. The summed E-state index contributed by atoms with van der Waals surface area (Å²) in [5.41, 5.74) is 8.52. The Bertz CT molecular complexity index is 968. The summed E-state index contributed by atoms with van der Waals surface area (Å²) in [5.74, 6) is 0.351. The fourth-order valence-corrected chi connectivity index (χ4v) is 4.79. The van der Waals surface area contributed by atoms with Crippen molar-refractivity contribution in [3.8, 4) is 0 Å². The van der Waals surface area contributed by atoms with Gasteiger partial charge < -0.3 is 5.32 Å². The van der Waals surface area contributed by atoms with Crippen LogP contribution in [0, 0.1) is 0 Å². The molecule has 1 atom stereocenters. The minimum absolute atomic E-state index is 0.0553. The second-order valence-electron chi connectivity index (χ2n) is 7.34. The molecule has 0 bridgehead atoms. The predicted molar refractivity (Wildman–Crippen MR) is 105 cm³/mol. The van der Waals surface area contributed by atoms with Crippen LogP contribution in [0.25, 0.3) is 5.70 Å². The largest absolute Gasteiger partial charge is 0.358 e. The number of Topliss-reactive ketones (excluding diaryl/α,β-unsaturated/α-hetero) is 1. The monoisotopic (exact) mass is 361 g/mol. The van der Waals surface area contributed by atoms with Crippen LogP contribution in [0.2, 0.25) is 5.02 Å². The summed E-state index contributed by atoms with van der Waals surface area (Å²) in [6.45, 7) is 0. The van der Waals surface area contributed by atoms with Gasteiger partial charge in [0.25, 0.3) is 0 Å². The second-order valence-corrected chi connectivity index (χ2v) is 7.77. The molecular weight excluding hydrogens is 342 g/mol. The van der Waals surface area contributed by atoms with E-state index in [-0.39, 0.29) is 5.92 Å². The predicted octanol–water partition coefficient (Wildman–Crippen LogP) is 5.39. The Labute approximate surface area is 158 Å². The molecular formula is C23H20ClNO. The number of fused-ring (bicyclic) bond motifs is 2. The van der Waals surface area contributed by atoms with Gasteiger partial charge in [0.2, 0.25) is 0 Å². The molecule has 2 aliphatic carbocycles. The van der Waals surface area contributed by atoms with E-state index in [0.717, 1.165) is 42.0 Å². The van der Waals surface area contributed by atoms with Gasteiger partial charge in [-0.05, 0) is 54.5 Å². The number of rotatable bonds is 1. The molecule has 0 saturated heterocycles. The lowest BCUT2D eigenvalue weighted by atomic mass is 9.71. The molecule has 0 spiro atoms. The van der Waals surface area contributed by atoms with Crippen molar-refractivity contribution in [2.24, 2.45) is 0 Å². The lowest BCUT2D eigenvalue weighted by molar-refractivity contribution is -0.116. The summed E-state index contributed by atoms with van der Waals surface area (Å²) in [7, 11) is 0. The highest BCUT2D eigenvalue weighted by Gasteiger charge is 2.38. The van der Waals surface area contributed by atoms with E-state index in [1.807, 2.05) is 12.1 Å². The molecule has 0 aromatic heterocycles. The van der Waals surface area contributed by atoms with Crippen molar-refractivity contribution in [1.82, 2.24) is 5.32 Å². The van der Waals surface area contributed by atoms with Gasteiger partial charge in [-0.25, -0.2) is 0 Å². The van der Waals surface area contributed by atoms with E-state index in [1.54, 1.807) is 0 Å². The van der Waals surface area contributed by atoms with Gasteiger partial charge in [-0.15, -0.1) is 0 Å². The average Bonchev–Trinajstić information content (AvgIpc) is 2.67. The molecule has 3 heteroatoms. The van der Waals surface area contributed by atoms with Crippen LogP contribution in [0.1, 0.15) is 48.3 Å². The van der Waals surface area contributed by atoms with E-state index in [0.29, 0.717) is 12.2 Å². The highest BCUT2D eigenvalue weighted by atomic mass is 35.5. The highest BCUT2D eigenvalue weighted by Crippen LogP contribution is 2.47. The van der Waals surface area contributed by atoms with Gasteiger partial charge in [0.15, 0.2) is 5.78 Å². The molecule has 1 N–H and O–H groups in total. The minimum atomic E-state index is 0.0553. The minimum Gasteiger partial charge on any atom is -0.358 e. The van der Waals surface area contributed by atoms with Gasteiger partial charge in [-0.3, -0.25) is 4.79 Å². The number of nitrogens with one attached hydrogen (secondary N) is 1. The Balaban J connectivity index is 1.72. The van der Waals surface area contributed by atoms with Crippen LogP contribution in [0.15, 0.2) is 65.4 Å². The number of carbonyl (C=O) groups excluding carboxylic acids is 1. The third-order valence-corrected chi connectivity index (χ3v) is 6.10. The standard InChI is InChI=1S/C23H20ClNO/c24-16-11-8-15(9-12-16)21-18-13-10-14-4-1-2-5-17(14)23(18)25-19-6-3-7-20(26)22(19)21/h1-2,4-5,8-9,11-12,21,25H,3,6-7,10,13H2. The van der Waals surface area contributed by atoms with Crippen molar-refractivity contribution in [2.45, 2.75) is 38.0 Å². The molecule has 1 aliphatic heterocycles. The molecule has 26 heavy (non-hydrogen) atoms. The molecule has 130 valence electrons. The van der Waals surface area contributed by atoms with Crippen LogP contribution in [0.4, 0.5) is 0 Å². The molecule has 5 rings (SSSR count). The number of hydrogen-bond acceptors (Lipinski definition) is 2. The summed E-state index contributed by atoms with van der Waals surface area (Å²) in [4.78, 5) is 12.9. The fraction of sp³-hybridized carbons (Fsp3) is 0.261. The molecule has 3 aliphatic rings. The Hall–Kier alpha value is -2.32. The Morgan fingerprint density at radius 1 is 0.923 bits per heavy atom. The molecule has 2 aromatic rings. The number of halogens is 1. The Morgan fingerprint density at radius 3 is 2.58 bits per heavy atom. The van der Waals surface area contributed by atoms with Crippen molar-refractivity contribution in [2.75, 3.05) is 0 Å². The van der Waals surface area contributed by atoms with E-state index in [1.165, 1.54) is 28.0 Å². The summed E-state index contributed by atoms with van der Waals surface area (Å²) < 4.78 is 0.